The van der Waals surface area contributed by atoms with Crippen molar-refractivity contribution < 1.29 is 5.11 Å². The Bertz CT molecular complexity index is 568. The van der Waals surface area contributed by atoms with Gasteiger partial charge in [0.25, 0.3) is 0 Å². The van der Waals surface area contributed by atoms with Gasteiger partial charge in [0.2, 0.25) is 0 Å². The Morgan fingerprint density at radius 2 is 1.95 bits per heavy atom. The Hall–Kier alpha value is -1.68. The van der Waals surface area contributed by atoms with Gasteiger partial charge in [0.05, 0.1) is 18.0 Å². The van der Waals surface area contributed by atoms with Gasteiger partial charge in [-0.25, -0.2) is 4.68 Å². The molecule has 19 heavy (non-hydrogen) atoms. The average Bonchev–Trinajstić information content (AvgIpc) is 3.17. The van der Waals surface area contributed by atoms with E-state index in [9.17, 15) is 5.11 Å². The summed E-state index contributed by atoms with van der Waals surface area (Å²) in [5, 5.41) is 17.6. The van der Waals surface area contributed by atoms with Crippen molar-refractivity contribution in [2.24, 2.45) is 0 Å². The summed E-state index contributed by atoms with van der Waals surface area (Å²) < 4.78 is 1.88. The second-order valence-electron chi connectivity index (χ2n) is 5.51. The van der Waals surface area contributed by atoms with Crippen LogP contribution in [0.4, 0.5) is 0 Å². The van der Waals surface area contributed by atoms with E-state index < -0.39 is 0 Å². The molecule has 4 heteroatoms. The average molecular weight is 257 g/mol. The molecule has 0 aliphatic heterocycles. The molecule has 1 aliphatic carbocycles. The molecular weight excluding hydrogens is 238 g/mol. The SMILES string of the molecule is CC(C)c1ccc(-n2nnc(CO)c2C2CC2)cc1. The second-order valence-corrected chi connectivity index (χ2v) is 5.51. The van der Waals surface area contributed by atoms with Crippen molar-refractivity contribution in [1.29, 1.82) is 0 Å². The van der Waals surface area contributed by atoms with E-state index in [0.717, 1.165) is 17.1 Å². The standard InChI is InChI=1S/C15H19N3O/c1-10(2)11-5-7-13(8-6-11)18-15(12-3-4-12)14(9-19)16-17-18/h5-8,10,12,19H,3-4,9H2,1-2H3. The lowest BCUT2D eigenvalue weighted by Crippen LogP contribution is -2.03. The first-order valence-electron chi connectivity index (χ1n) is 6.86. The zero-order valence-electron chi connectivity index (χ0n) is 11.4. The van der Waals surface area contributed by atoms with Crippen LogP contribution in [0.3, 0.4) is 0 Å². The summed E-state index contributed by atoms with van der Waals surface area (Å²) in [5.74, 6) is 1.04. The first kappa shape index (κ1) is 12.4. The van der Waals surface area contributed by atoms with Gasteiger partial charge < -0.3 is 5.11 Å². The van der Waals surface area contributed by atoms with Crippen LogP contribution in [0.5, 0.6) is 0 Å². The minimum Gasteiger partial charge on any atom is -0.390 e. The topological polar surface area (TPSA) is 50.9 Å². The van der Waals surface area contributed by atoms with E-state index in [1.165, 1.54) is 18.4 Å². The smallest absolute Gasteiger partial charge is 0.112 e. The number of aliphatic hydroxyl groups is 1. The first-order valence-corrected chi connectivity index (χ1v) is 6.86. The molecule has 0 saturated heterocycles. The molecule has 100 valence electrons. The molecule has 1 fully saturated rings. The molecule has 1 aromatic carbocycles. The highest BCUT2D eigenvalue weighted by atomic mass is 16.3. The van der Waals surface area contributed by atoms with Crippen molar-refractivity contribution in [2.75, 3.05) is 0 Å². The molecule has 4 nitrogen and oxygen atoms in total. The third kappa shape index (κ3) is 2.28. The molecule has 0 amide bonds. The Morgan fingerprint density at radius 3 is 2.47 bits per heavy atom. The van der Waals surface area contributed by atoms with Crippen LogP contribution in [0.25, 0.3) is 5.69 Å². The van der Waals surface area contributed by atoms with Crippen LogP contribution >= 0.6 is 0 Å². The van der Waals surface area contributed by atoms with E-state index in [0.29, 0.717) is 11.8 Å². The fraction of sp³-hybridized carbons (Fsp3) is 0.467. The Balaban J connectivity index is 1.99. The zero-order chi connectivity index (χ0) is 13.4. The quantitative estimate of drug-likeness (QED) is 0.916. The highest BCUT2D eigenvalue weighted by Crippen LogP contribution is 2.41. The predicted octanol–water partition coefficient (Wildman–Crippen LogP) is 2.76. The highest BCUT2D eigenvalue weighted by Gasteiger charge is 2.31. The van der Waals surface area contributed by atoms with Gasteiger partial charge in [-0.05, 0) is 36.5 Å². The number of aliphatic hydroxyl groups excluding tert-OH is 1. The van der Waals surface area contributed by atoms with Crippen molar-refractivity contribution in [3.63, 3.8) is 0 Å². The summed E-state index contributed by atoms with van der Waals surface area (Å²) in [6.07, 6.45) is 2.34. The Kier molecular flexibility index (Phi) is 3.11. The first-order chi connectivity index (χ1) is 9.20. The molecule has 0 radical (unpaired) electrons. The van der Waals surface area contributed by atoms with Crippen LogP contribution < -0.4 is 0 Å². The third-order valence-electron chi connectivity index (χ3n) is 3.70. The second kappa shape index (κ2) is 4.78. The lowest BCUT2D eigenvalue weighted by molar-refractivity contribution is 0.275. The van der Waals surface area contributed by atoms with Crippen molar-refractivity contribution in [1.82, 2.24) is 15.0 Å². The minimum atomic E-state index is -0.0318. The van der Waals surface area contributed by atoms with E-state index in [1.54, 1.807) is 0 Å². The van der Waals surface area contributed by atoms with Gasteiger partial charge in [-0.1, -0.05) is 31.2 Å². The molecule has 1 heterocycles. The lowest BCUT2D eigenvalue weighted by Gasteiger charge is -2.09. The molecule has 0 unspecified atom stereocenters. The van der Waals surface area contributed by atoms with Gasteiger partial charge in [0.15, 0.2) is 0 Å². The van der Waals surface area contributed by atoms with Crippen LogP contribution in [0.15, 0.2) is 24.3 Å². The van der Waals surface area contributed by atoms with Crippen LogP contribution in [0.1, 0.15) is 55.5 Å². The summed E-state index contributed by atoms with van der Waals surface area (Å²) in [7, 11) is 0. The molecule has 2 aromatic rings. The summed E-state index contributed by atoms with van der Waals surface area (Å²) in [6, 6.07) is 8.43. The molecule has 1 N–H and O–H groups in total. The van der Waals surface area contributed by atoms with Crippen LogP contribution in [0.2, 0.25) is 0 Å². The van der Waals surface area contributed by atoms with E-state index in [2.05, 4.69) is 48.4 Å². The predicted molar refractivity (Wildman–Crippen MR) is 73.3 cm³/mol. The van der Waals surface area contributed by atoms with Gasteiger partial charge >= 0.3 is 0 Å². The number of nitrogens with zero attached hydrogens (tertiary/aromatic N) is 3. The Labute approximate surface area is 113 Å². The normalized spacial score (nSPS) is 15.2. The fourth-order valence-corrected chi connectivity index (χ4v) is 2.39. The summed E-state index contributed by atoms with van der Waals surface area (Å²) in [4.78, 5) is 0. The molecule has 0 bridgehead atoms. The maximum Gasteiger partial charge on any atom is 0.112 e. The van der Waals surface area contributed by atoms with Crippen LogP contribution in [0, 0.1) is 0 Å². The fourth-order valence-electron chi connectivity index (χ4n) is 2.39. The van der Waals surface area contributed by atoms with Gasteiger partial charge in [-0.15, -0.1) is 5.10 Å². The number of hydrogen-bond donors (Lipinski definition) is 1. The maximum atomic E-state index is 9.36. The van der Waals surface area contributed by atoms with Gasteiger partial charge in [-0.2, -0.15) is 0 Å². The monoisotopic (exact) mass is 257 g/mol. The van der Waals surface area contributed by atoms with E-state index >= 15 is 0 Å². The van der Waals surface area contributed by atoms with Crippen LogP contribution in [-0.2, 0) is 6.61 Å². The van der Waals surface area contributed by atoms with E-state index in [1.807, 2.05) is 4.68 Å². The van der Waals surface area contributed by atoms with Crippen LogP contribution in [-0.4, -0.2) is 20.1 Å². The van der Waals surface area contributed by atoms with Crippen molar-refractivity contribution in [2.45, 2.75) is 45.1 Å². The summed E-state index contributed by atoms with van der Waals surface area (Å²) in [6.45, 7) is 4.34. The lowest BCUT2D eigenvalue weighted by atomic mass is 10.0. The van der Waals surface area contributed by atoms with Crippen molar-refractivity contribution in [3.05, 3.63) is 41.2 Å². The molecule has 0 spiro atoms. The largest absolute Gasteiger partial charge is 0.390 e. The van der Waals surface area contributed by atoms with Crippen molar-refractivity contribution in [3.8, 4) is 5.69 Å². The minimum absolute atomic E-state index is 0.0318. The number of rotatable bonds is 4. The van der Waals surface area contributed by atoms with Gasteiger partial charge in [-0.3, -0.25) is 0 Å². The van der Waals surface area contributed by atoms with Gasteiger partial charge in [0, 0.05) is 5.92 Å². The molecule has 1 aromatic heterocycles. The molecule has 1 aliphatic rings. The molecule has 0 atom stereocenters. The Morgan fingerprint density at radius 1 is 1.26 bits per heavy atom. The van der Waals surface area contributed by atoms with E-state index in [-0.39, 0.29) is 6.61 Å². The molecule has 3 rings (SSSR count). The summed E-state index contributed by atoms with van der Waals surface area (Å²) in [5.41, 5.74) is 4.15. The number of aromatic nitrogens is 3. The van der Waals surface area contributed by atoms with E-state index in [4.69, 9.17) is 0 Å². The van der Waals surface area contributed by atoms with Crippen molar-refractivity contribution >= 4 is 0 Å². The molecular formula is C15H19N3O. The summed E-state index contributed by atoms with van der Waals surface area (Å²) >= 11 is 0. The molecule has 1 saturated carbocycles. The van der Waals surface area contributed by atoms with Gasteiger partial charge in [0.1, 0.15) is 5.69 Å². The zero-order valence-corrected chi connectivity index (χ0v) is 11.4. The highest BCUT2D eigenvalue weighted by molar-refractivity contribution is 5.38. The third-order valence-corrected chi connectivity index (χ3v) is 3.70. The number of hydrogen-bond acceptors (Lipinski definition) is 3. The number of benzene rings is 1. The maximum absolute atomic E-state index is 9.36.